The van der Waals surface area contributed by atoms with Crippen molar-refractivity contribution >= 4 is 0 Å². The van der Waals surface area contributed by atoms with E-state index in [1.165, 1.54) is 12.1 Å². The quantitative estimate of drug-likeness (QED) is 0.875. The van der Waals surface area contributed by atoms with Crippen molar-refractivity contribution in [3.05, 3.63) is 35.7 Å². The molecule has 1 unspecified atom stereocenters. The van der Waals surface area contributed by atoms with Crippen LogP contribution >= 0.6 is 0 Å². The second-order valence-electron chi connectivity index (χ2n) is 4.76. The summed E-state index contributed by atoms with van der Waals surface area (Å²) in [6.45, 7) is 0. The highest BCUT2D eigenvalue weighted by Crippen LogP contribution is 2.32. The highest BCUT2D eigenvalue weighted by atomic mass is 19.4. The van der Waals surface area contributed by atoms with Crippen molar-refractivity contribution in [1.29, 1.82) is 0 Å². The lowest BCUT2D eigenvalue weighted by molar-refractivity contribution is -0.137. The zero-order chi connectivity index (χ0) is 14.3. The molecule has 0 saturated heterocycles. The summed E-state index contributed by atoms with van der Waals surface area (Å²) in [5, 5.41) is 17.9. The number of aromatic nitrogens is 3. The number of aryl methyl sites for hydroxylation is 1. The van der Waals surface area contributed by atoms with E-state index in [1.807, 2.05) is 0 Å². The molecule has 0 saturated carbocycles. The molecular formula is C13H12F3N3O. The van der Waals surface area contributed by atoms with Crippen LogP contribution in [0, 0.1) is 0 Å². The number of aliphatic hydroxyl groups is 1. The molecule has 0 aliphatic carbocycles. The number of nitrogens with zero attached hydrogens (tertiary/aromatic N) is 3. The molecule has 1 atom stereocenters. The average Bonchev–Trinajstić information content (AvgIpc) is 2.83. The molecule has 2 aromatic rings. The average molecular weight is 283 g/mol. The number of benzene rings is 1. The topological polar surface area (TPSA) is 50.9 Å². The Bertz CT molecular complexity index is 619. The molecule has 7 heteroatoms. The van der Waals surface area contributed by atoms with E-state index >= 15 is 0 Å². The second kappa shape index (κ2) is 4.59. The standard InChI is InChI=1S/C13H12F3N3O/c14-13(15,16)9-6-4-8(5-7-9)12-18-17-10-2-1-3-11(20)19(10)12/h4-7,11,20H,1-3H2. The van der Waals surface area contributed by atoms with E-state index in [1.54, 1.807) is 4.57 Å². The van der Waals surface area contributed by atoms with Crippen LogP contribution in [-0.2, 0) is 12.6 Å². The van der Waals surface area contributed by atoms with Gasteiger partial charge in [-0.2, -0.15) is 13.2 Å². The first-order chi connectivity index (χ1) is 9.47. The smallest absolute Gasteiger partial charge is 0.373 e. The number of alkyl halides is 3. The molecular weight excluding hydrogens is 271 g/mol. The lowest BCUT2D eigenvalue weighted by atomic mass is 10.1. The number of hydrogen-bond donors (Lipinski definition) is 1. The molecule has 0 fully saturated rings. The van der Waals surface area contributed by atoms with Crippen LogP contribution in [0.15, 0.2) is 24.3 Å². The van der Waals surface area contributed by atoms with Gasteiger partial charge in [0.05, 0.1) is 5.56 Å². The molecule has 0 bridgehead atoms. The Hall–Kier alpha value is -1.89. The van der Waals surface area contributed by atoms with Gasteiger partial charge in [-0.05, 0) is 25.0 Å². The van der Waals surface area contributed by atoms with Gasteiger partial charge in [-0.25, -0.2) is 0 Å². The Morgan fingerprint density at radius 1 is 1.15 bits per heavy atom. The third-order valence-corrected chi connectivity index (χ3v) is 3.40. The van der Waals surface area contributed by atoms with Gasteiger partial charge in [-0.1, -0.05) is 12.1 Å². The maximum Gasteiger partial charge on any atom is 0.416 e. The fourth-order valence-electron chi connectivity index (χ4n) is 2.38. The third-order valence-electron chi connectivity index (χ3n) is 3.40. The molecule has 4 nitrogen and oxygen atoms in total. The molecule has 0 radical (unpaired) electrons. The van der Waals surface area contributed by atoms with E-state index in [0.717, 1.165) is 18.6 Å². The predicted molar refractivity (Wildman–Crippen MR) is 64.7 cm³/mol. The van der Waals surface area contributed by atoms with Crippen molar-refractivity contribution in [3.63, 3.8) is 0 Å². The lowest BCUT2D eigenvalue weighted by Gasteiger charge is -2.21. The van der Waals surface area contributed by atoms with Crippen LogP contribution in [0.2, 0.25) is 0 Å². The molecule has 2 heterocycles. The Balaban J connectivity index is 2.00. The normalized spacial score (nSPS) is 18.9. The minimum atomic E-state index is -4.36. The number of halogens is 3. The van der Waals surface area contributed by atoms with Crippen molar-refractivity contribution in [2.24, 2.45) is 0 Å². The first-order valence-corrected chi connectivity index (χ1v) is 6.26. The number of rotatable bonds is 1. The molecule has 0 spiro atoms. The van der Waals surface area contributed by atoms with E-state index in [9.17, 15) is 18.3 Å². The highest BCUT2D eigenvalue weighted by molar-refractivity contribution is 5.56. The third kappa shape index (κ3) is 2.18. The van der Waals surface area contributed by atoms with E-state index in [2.05, 4.69) is 10.2 Å². The molecule has 1 aliphatic rings. The van der Waals surface area contributed by atoms with Gasteiger partial charge in [0.15, 0.2) is 5.82 Å². The van der Waals surface area contributed by atoms with Gasteiger partial charge in [0.2, 0.25) is 0 Å². The van der Waals surface area contributed by atoms with Crippen molar-refractivity contribution in [2.45, 2.75) is 31.7 Å². The van der Waals surface area contributed by atoms with Gasteiger partial charge >= 0.3 is 6.18 Å². The predicted octanol–water partition coefficient (Wildman–Crippen LogP) is 2.79. The first-order valence-electron chi connectivity index (χ1n) is 6.26. The molecule has 106 valence electrons. The first kappa shape index (κ1) is 13.1. The summed E-state index contributed by atoms with van der Waals surface area (Å²) in [5.74, 6) is 1.07. The van der Waals surface area contributed by atoms with Crippen molar-refractivity contribution < 1.29 is 18.3 Å². The summed E-state index contributed by atoms with van der Waals surface area (Å²) in [4.78, 5) is 0. The zero-order valence-corrected chi connectivity index (χ0v) is 10.4. The van der Waals surface area contributed by atoms with E-state index < -0.39 is 18.0 Å². The van der Waals surface area contributed by atoms with Gasteiger partial charge < -0.3 is 5.11 Å². The molecule has 1 aliphatic heterocycles. The molecule has 3 rings (SSSR count). The fourth-order valence-corrected chi connectivity index (χ4v) is 2.38. The number of fused-ring (bicyclic) bond motifs is 1. The second-order valence-corrected chi connectivity index (χ2v) is 4.76. The number of hydrogen-bond acceptors (Lipinski definition) is 3. The summed E-state index contributed by atoms with van der Waals surface area (Å²) in [6, 6.07) is 4.71. The van der Waals surface area contributed by atoms with Gasteiger partial charge in [0.1, 0.15) is 12.1 Å². The summed E-state index contributed by atoms with van der Waals surface area (Å²) in [5.41, 5.74) is -0.196. The highest BCUT2D eigenvalue weighted by Gasteiger charge is 2.30. The van der Waals surface area contributed by atoms with Crippen molar-refractivity contribution in [1.82, 2.24) is 14.8 Å². The Kier molecular flexibility index (Phi) is 3.01. The maximum absolute atomic E-state index is 12.5. The Labute approximate surface area is 112 Å². The van der Waals surface area contributed by atoms with E-state index in [4.69, 9.17) is 0 Å². The van der Waals surface area contributed by atoms with E-state index in [0.29, 0.717) is 30.1 Å². The van der Waals surface area contributed by atoms with Crippen molar-refractivity contribution in [2.75, 3.05) is 0 Å². The van der Waals surface area contributed by atoms with Crippen LogP contribution in [-0.4, -0.2) is 19.9 Å². The summed E-state index contributed by atoms with van der Waals surface area (Å²) in [6.07, 6.45) is -2.94. The van der Waals surface area contributed by atoms with Gasteiger partial charge in [0.25, 0.3) is 0 Å². The fraction of sp³-hybridized carbons (Fsp3) is 0.385. The van der Waals surface area contributed by atoms with Crippen LogP contribution in [0.1, 0.15) is 30.5 Å². The van der Waals surface area contributed by atoms with Crippen LogP contribution in [0.25, 0.3) is 11.4 Å². The molecule has 1 aromatic carbocycles. The maximum atomic E-state index is 12.5. The number of aliphatic hydroxyl groups excluding tert-OH is 1. The largest absolute Gasteiger partial charge is 0.416 e. The molecule has 20 heavy (non-hydrogen) atoms. The summed E-state index contributed by atoms with van der Waals surface area (Å²) in [7, 11) is 0. The molecule has 1 N–H and O–H groups in total. The summed E-state index contributed by atoms with van der Waals surface area (Å²) < 4.78 is 39.2. The van der Waals surface area contributed by atoms with E-state index in [-0.39, 0.29) is 0 Å². The van der Waals surface area contributed by atoms with Crippen LogP contribution in [0.5, 0.6) is 0 Å². The zero-order valence-electron chi connectivity index (χ0n) is 10.4. The van der Waals surface area contributed by atoms with Gasteiger partial charge in [-0.3, -0.25) is 4.57 Å². The Morgan fingerprint density at radius 2 is 1.85 bits per heavy atom. The summed E-state index contributed by atoms with van der Waals surface area (Å²) >= 11 is 0. The Morgan fingerprint density at radius 3 is 2.50 bits per heavy atom. The van der Waals surface area contributed by atoms with Gasteiger partial charge in [-0.15, -0.1) is 10.2 Å². The minimum absolute atomic E-state index is 0.404. The van der Waals surface area contributed by atoms with Crippen LogP contribution in [0.3, 0.4) is 0 Å². The van der Waals surface area contributed by atoms with Crippen LogP contribution in [0.4, 0.5) is 13.2 Å². The SMILES string of the molecule is OC1CCCc2nnc(-c3ccc(C(F)(F)F)cc3)n21. The molecule has 1 aromatic heterocycles. The minimum Gasteiger partial charge on any atom is -0.373 e. The van der Waals surface area contributed by atoms with Crippen LogP contribution < -0.4 is 0 Å². The molecule has 0 amide bonds. The monoisotopic (exact) mass is 283 g/mol. The van der Waals surface area contributed by atoms with Gasteiger partial charge in [0, 0.05) is 12.0 Å². The lowest BCUT2D eigenvalue weighted by Crippen LogP contribution is -2.18. The van der Waals surface area contributed by atoms with Crippen molar-refractivity contribution in [3.8, 4) is 11.4 Å².